The minimum absolute atomic E-state index is 0.00767. The maximum Gasteiger partial charge on any atom is 0.443 e. The number of H-pyrrole nitrogens is 1. The summed E-state index contributed by atoms with van der Waals surface area (Å²) in [6.45, 7) is 1.45. The van der Waals surface area contributed by atoms with Gasteiger partial charge in [0.1, 0.15) is 11.5 Å². The molecule has 1 unspecified atom stereocenters. The predicted octanol–water partition coefficient (Wildman–Crippen LogP) is 5.18. The Bertz CT molecular complexity index is 1540. The molecule has 0 aliphatic carbocycles. The largest absolute Gasteiger partial charge is 0.443 e. The molecule has 5 rings (SSSR count). The van der Waals surface area contributed by atoms with Crippen molar-refractivity contribution in [2.24, 2.45) is 5.73 Å². The smallest absolute Gasteiger partial charge is 0.394 e. The number of aromatic amines is 1. The van der Waals surface area contributed by atoms with Crippen LogP contribution in [0.5, 0.6) is 0 Å². The lowest BCUT2D eigenvalue weighted by Crippen LogP contribution is -2.32. The number of halogens is 4. The monoisotopic (exact) mass is 500 g/mol. The van der Waals surface area contributed by atoms with Crippen LogP contribution in [0.25, 0.3) is 21.5 Å². The van der Waals surface area contributed by atoms with E-state index in [9.17, 15) is 18.0 Å². The molecule has 2 aromatic carbocycles. The molecule has 12 heteroatoms. The second-order valence-corrected chi connectivity index (χ2v) is 8.93. The Labute approximate surface area is 199 Å². The molecule has 0 radical (unpaired) electrons. The van der Waals surface area contributed by atoms with E-state index in [0.717, 1.165) is 12.3 Å². The Morgan fingerprint density at radius 1 is 1.20 bits per heavy atom. The Morgan fingerprint density at radius 3 is 2.63 bits per heavy atom. The van der Waals surface area contributed by atoms with Crippen molar-refractivity contribution in [2.75, 3.05) is 4.90 Å². The zero-order chi connectivity index (χ0) is 25.1. The van der Waals surface area contributed by atoms with Crippen LogP contribution in [0.15, 0.2) is 60.2 Å². The zero-order valence-corrected chi connectivity index (χ0v) is 18.8. The Hall–Kier alpha value is -4.06. The quantitative estimate of drug-likeness (QED) is 0.265. The van der Waals surface area contributed by atoms with E-state index in [1.165, 1.54) is 30.3 Å². The standard InChI is InChI=1S/C23H16F4N6OS/c1-10(28)18-19(29)21(34)33(12-3-5-15-16(7-12)32-9-31-15)20(18)13-4-2-11(6-14(13)24)17-8-30-22(35-17)23(25,26)27/h2-9,20,28H,29H2,1H3,(H,31,32). The van der Waals surface area contributed by atoms with E-state index in [1.54, 1.807) is 18.2 Å². The molecule has 1 aliphatic heterocycles. The highest BCUT2D eigenvalue weighted by molar-refractivity contribution is 7.15. The van der Waals surface area contributed by atoms with Gasteiger partial charge in [-0.2, -0.15) is 13.2 Å². The summed E-state index contributed by atoms with van der Waals surface area (Å²) in [5.74, 6) is -1.35. The summed E-state index contributed by atoms with van der Waals surface area (Å²) in [5.41, 5.74) is 8.04. The lowest BCUT2D eigenvalue weighted by Gasteiger charge is -2.28. The second-order valence-electron chi connectivity index (χ2n) is 7.90. The van der Waals surface area contributed by atoms with Gasteiger partial charge in [-0.05, 0) is 36.8 Å². The first kappa shape index (κ1) is 22.7. The van der Waals surface area contributed by atoms with Crippen LogP contribution in [-0.4, -0.2) is 26.6 Å². The zero-order valence-electron chi connectivity index (χ0n) is 17.9. The van der Waals surface area contributed by atoms with Gasteiger partial charge in [0.15, 0.2) is 5.01 Å². The highest BCUT2D eigenvalue weighted by Crippen LogP contribution is 2.43. The second kappa shape index (κ2) is 8.01. The summed E-state index contributed by atoms with van der Waals surface area (Å²) in [7, 11) is 0. The molecule has 2 aromatic heterocycles. The molecule has 1 amide bonds. The van der Waals surface area contributed by atoms with Gasteiger partial charge >= 0.3 is 6.18 Å². The molecule has 0 saturated carbocycles. The van der Waals surface area contributed by atoms with E-state index in [0.29, 0.717) is 28.1 Å². The van der Waals surface area contributed by atoms with E-state index in [2.05, 4.69) is 15.0 Å². The van der Waals surface area contributed by atoms with Crippen molar-refractivity contribution >= 4 is 39.7 Å². The lowest BCUT2D eigenvalue weighted by atomic mass is 9.94. The van der Waals surface area contributed by atoms with Crippen molar-refractivity contribution in [3.8, 4) is 10.4 Å². The number of carbonyl (C=O) groups is 1. The van der Waals surface area contributed by atoms with Crippen molar-refractivity contribution in [1.82, 2.24) is 15.0 Å². The van der Waals surface area contributed by atoms with E-state index in [-0.39, 0.29) is 33.0 Å². The van der Waals surface area contributed by atoms with Gasteiger partial charge in [-0.3, -0.25) is 9.69 Å². The molecule has 4 aromatic rings. The SMILES string of the molecule is CC(=N)C1=C(N)C(=O)N(c2ccc3nc[nH]c3c2)C1c1ccc(-c2cnc(C(F)(F)F)s2)cc1F. The van der Waals surface area contributed by atoms with Crippen molar-refractivity contribution in [3.63, 3.8) is 0 Å². The number of fused-ring (bicyclic) bond motifs is 1. The number of hydrogen-bond donors (Lipinski definition) is 3. The number of nitrogens with two attached hydrogens (primary N) is 1. The average molecular weight is 500 g/mol. The fraction of sp³-hybridized carbons (Fsp3) is 0.130. The number of thiazole rings is 1. The number of carbonyl (C=O) groups excluding carboxylic acids is 1. The Balaban J connectivity index is 1.61. The molecule has 1 atom stereocenters. The predicted molar refractivity (Wildman–Crippen MR) is 123 cm³/mol. The number of amides is 1. The number of alkyl halides is 3. The first-order valence-electron chi connectivity index (χ1n) is 10.2. The van der Waals surface area contributed by atoms with Gasteiger partial charge < -0.3 is 16.1 Å². The van der Waals surface area contributed by atoms with Gasteiger partial charge in [0.25, 0.3) is 5.91 Å². The molecule has 0 bridgehead atoms. The molecule has 0 fully saturated rings. The highest BCUT2D eigenvalue weighted by atomic mass is 32.1. The van der Waals surface area contributed by atoms with Crippen molar-refractivity contribution in [2.45, 2.75) is 19.1 Å². The molecule has 7 nitrogen and oxygen atoms in total. The number of nitrogens with zero attached hydrogens (tertiary/aromatic N) is 3. The number of hydrogen-bond acceptors (Lipinski definition) is 6. The molecule has 4 N–H and O–H groups in total. The van der Waals surface area contributed by atoms with Crippen LogP contribution >= 0.6 is 11.3 Å². The van der Waals surface area contributed by atoms with Crippen LogP contribution in [-0.2, 0) is 11.0 Å². The van der Waals surface area contributed by atoms with E-state index in [1.807, 2.05) is 0 Å². The summed E-state index contributed by atoms with van der Waals surface area (Å²) >= 11 is 0.405. The van der Waals surface area contributed by atoms with Crippen LogP contribution in [0.4, 0.5) is 23.2 Å². The summed E-state index contributed by atoms with van der Waals surface area (Å²) in [6.07, 6.45) is -2.06. The molecule has 1 aliphatic rings. The molecule has 0 spiro atoms. The summed E-state index contributed by atoms with van der Waals surface area (Å²) in [4.78, 5) is 25.1. The minimum atomic E-state index is -4.60. The van der Waals surface area contributed by atoms with Crippen LogP contribution in [0.3, 0.4) is 0 Å². The minimum Gasteiger partial charge on any atom is -0.394 e. The normalized spacial score (nSPS) is 16.5. The maximum atomic E-state index is 15.5. The lowest BCUT2D eigenvalue weighted by molar-refractivity contribution is -0.137. The van der Waals surface area contributed by atoms with Crippen molar-refractivity contribution < 1.29 is 22.4 Å². The molecule has 35 heavy (non-hydrogen) atoms. The maximum absolute atomic E-state index is 15.5. The van der Waals surface area contributed by atoms with Gasteiger partial charge in [0.2, 0.25) is 0 Å². The first-order chi connectivity index (χ1) is 16.6. The van der Waals surface area contributed by atoms with Crippen LogP contribution < -0.4 is 10.6 Å². The van der Waals surface area contributed by atoms with Crippen LogP contribution in [0.1, 0.15) is 23.5 Å². The Morgan fingerprint density at radius 2 is 1.97 bits per heavy atom. The molecule has 3 heterocycles. The fourth-order valence-electron chi connectivity index (χ4n) is 4.12. The third-order valence-corrected chi connectivity index (χ3v) is 6.78. The van der Waals surface area contributed by atoms with Gasteiger partial charge in [-0.25, -0.2) is 14.4 Å². The summed E-state index contributed by atoms with van der Waals surface area (Å²) in [5, 5.41) is 7.16. The van der Waals surface area contributed by atoms with Crippen LogP contribution in [0.2, 0.25) is 0 Å². The van der Waals surface area contributed by atoms with Gasteiger partial charge in [0.05, 0.1) is 28.3 Å². The Kier molecular flexibility index (Phi) is 5.20. The molecular formula is C23H16F4N6OS. The molecular weight excluding hydrogens is 484 g/mol. The number of nitrogens with one attached hydrogen (secondary N) is 2. The molecule has 0 saturated heterocycles. The number of aromatic nitrogens is 3. The van der Waals surface area contributed by atoms with Crippen molar-refractivity contribution in [1.29, 1.82) is 5.41 Å². The number of anilines is 1. The molecule has 178 valence electrons. The van der Waals surface area contributed by atoms with Gasteiger partial charge in [-0.15, -0.1) is 11.3 Å². The summed E-state index contributed by atoms with van der Waals surface area (Å²) < 4.78 is 54.3. The van der Waals surface area contributed by atoms with Gasteiger partial charge in [0, 0.05) is 28.7 Å². The van der Waals surface area contributed by atoms with Gasteiger partial charge in [-0.1, -0.05) is 12.1 Å². The topological polar surface area (TPSA) is 112 Å². The van der Waals surface area contributed by atoms with E-state index < -0.39 is 29.0 Å². The number of imidazole rings is 1. The fourth-order valence-corrected chi connectivity index (χ4v) is 4.90. The van der Waals surface area contributed by atoms with E-state index in [4.69, 9.17) is 11.1 Å². The third-order valence-electron chi connectivity index (χ3n) is 5.68. The van der Waals surface area contributed by atoms with Crippen molar-refractivity contribution in [3.05, 3.63) is 76.6 Å². The first-order valence-corrected chi connectivity index (χ1v) is 11.0. The van der Waals surface area contributed by atoms with E-state index >= 15 is 4.39 Å². The third kappa shape index (κ3) is 3.75. The van der Waals surface area contributed by atoms with Crippen LogP contribution in [0, 0.1) is 11.2 Å². The summed E-state index contributed by atoms with van der Waals surface area (Å²) in [6, 6.07) is 7.91. The number of benzene rings is 2. The average Bonchev–Trinajstić information content (AvgIpc) is 3.51. The highest BCUT2D eigenvalue weighted by Gasteiger charge is 2.42. The number of rotatable bonds is 4.